The zero-order valence-corrected chi connectivity index (χ0v) is 39.5. The van der Waals surface area contributed by atoms with Crippen LogP contribution in [0.15, 0.2) is 12.1 Å². The Balaban J connectivity index is -0.00000364. The molecule has 1 rings (SSSR count). The van der Waals surface area contributed by atoms with E-state index in [1.165, 1.54) is 0 Å². The molecule has 58 heavy (non-hydrogen) atoms. The van der Waals surface area contributed by atoms with E-state index in [0.717, 1.165) is 62.5 Å². The van der Waals surface area contributed by atoms with E-state index in [-0.39, 0.29) is 104 Å². The molecule has 1 aromatic rings. The molecular formula is C38H79N9O6S5. The highest BCUT2D eigenvalue weighted by Gasteiger charge is 2.17. The van der Waals surface area contributed by atoms with Gasteiger partial charge in [-0.2, -0.15) is 66.6 Å². The van der Waals surface area contributed by atoms with Gasteiger partial charge in [0.1, 0.15) is 19.0 Å². The molecule has 0 bridgehead atoms. The number of thiol groups is 1. The molecule has 0 saturated heterocycles. The number of rotatable bonds is 33. The molecule has 0 aliphatic heterocycles. The molecule has 1 aromatic carbocycles. The van der Waals surface area contributed by atoms with Crippen molar-refractivity contribution in [1.82, 2.24) is 16.0 Å². The van der Waals surface area contributed by atoms with Crippen LogP contribution in [0.5, 0.6) is 11.5 Å². The van der Waals surface area contributed by atoms with Gasteiger partial charge in [0.05, 0.1) is 37.3 Å². The van der Waals surface area contributed by atoms with Crippen molar-refractivity contribution < 1.29 is 28.7 Å². The van der Waals surface area contributed by atoms with Gasteiger partial charge >= 0.3 is 0 Å². The van der Waals surface area contributed by atoms with Crippen LogP contribution in [0.3, 0.4) is 0 Å². The Labute approximate surface area is 381 Å². The first-order valence-corrected chi connectivity index (χ1v) is 20.4. The largest absolute Gasteiger partial charge is 0.488 e. The van der Waals surface area contributed by atoms with E-state index in [1.807, 2.05) is 19.1 Å². The number of ether oxygens (including phenoxy) is 2. The lowest BCUT2D eigenvalue weighted by molar-refractivity contribution is -0.123. The van der Waals surface area contributed by atoms with Crippen LogP contribution < -0.4 is 59.8 Å². The minimum absolute atomic E-state index is 0. The average Bonchev–Trinajstić information content (AvgIpc) is 3.17. The number of aryl methyl sites for hydroxylation is 1. The molecule has 342 valence electrons. The summed E-state index contributed by atoms with van der Waals surface area (Å²) >= 11 is 4.46. The Morgan fingerprint density at radius 3 is 1.40 bits per heavy atom. The summed E-state index contributed by atoms with van der Waals surface area (Å²) in [4.78, 5) is 49.4. The van der Waals surface area contributed by atoms with E-state index in [0.29, 0.717) is 81.8 Å². The van der Waals surface area contributed by atoms with E-state index >= 15 is 0 Å². The summed E-state index contributed by atoms with van der Waals surface area (Å²) in [5.74, 6) is 0.900. The molecule has 0 unspecified atom stereocenters. The Bertz CT molecular complexity index is 1150. The molecule has 15 nitrogen and oxygen atoms in total. The van der Waals surface area contributed by atoms with Gasteiger partial charge in [-0.05, 0) is 101 Å². The number of nitrogens with one attached hydrogen (secondary N) is 3. The lowest BCUT2D eigenvalue weighted by atomic mass is 10.0. The molecule has 0 aliphatic carbocycles. The van der Waals surface area contributed by atoms with Gasteiger partial charge in [-0.15, -0.1) is 0 Å². The molecule has 0 radical (unpaired) electrons. The number of Topliss-reactive ketones (excluding diaryl/α,β-unsaturated/α-hetero) is 1. The highest BCUT2D eigenvalue weighted by Crippen LogP contribution is 2.32. The van der Waals surface area contributed by atoms with Crippen molar-refractivity contribution in [2.45, 2.75) is 133 Å². The predicted octanol–water partition coefficient (Wildman–Crippen LogP) is 1.49. The van der Waals surface area contributed by atoms with Crippen LogP contribution in [0.4, 0.5) is 0 Å². The maximum atomic E-state index is 12.6. The molecule has 15 N–H and O–H groups in total. The number of carbonyl (C=O) groups is 4. The summed E-state index contributed by atoms with van der Waals surface area (Å²) in [5, 5.41) is 8.47. The van der Waals surface area contributed by atoms with E-state index in [9.17, 15) is 19.2 Å². The third-order valence-corrected chi connectivity index (χ3v) is 9.52. The van der Waals surface area contributed by atoms with E-state index in [4.69, 9.17) is 43.9 Å². The third-order valence-electron chi connectivity index (χ3n) is 9.18. The number of ketones is 1. The molecule has 0 heterocycles. The Kier molecular flexibility index (Phi) is 43.0. The number of amides is 3. The molecule has 0 aromatic heterocycles. The van der Waals surface area contributed by atoms with Crippen LogP contribution in [0.25, 0.3) is 0 Å². The van der Waals surface area contributed by atoms with E-state index in [1.54, 1.807) is 0 Å². The average molecular weight is 918 g/mol. The highest BCUT2D eigenvalue weighted by molar-refractivity contribution is 7.79. The Morgan fingerprint density at radius 2 is 0.966 bits per heavy atom. The number of hydrogen-bond acceptors (Lipinski definition) is 13. The molecule has 3 amide bonds. The number of unbranched alkanes of at least 4 members (excludes halogenated alkanes) is 5. The molecule has 20 heteroatoms. The molecule has 0 saturated carbocycles. The zero-order valence-electron chi connectivity index (χ0n) is 34.6. The fourth-order valence-electron chi connectivity index (χ4n) is 5.71. The molecule has 0 spiro atoms. The van der Waals surface area contributed by atoms with Crippen LogP contribution in [-0.4, -0.2) is 93.6 Å². The van der Waals surface area contributed by atoms with Gasteiger partial charge in [0, 0.05) is 18.7 Å². The third kappa shape index (κ3) is 28.0. The summed E-state index contributed by atoms with van der Waals surface area (Å²) in [7, 11) is 0. The second kappa shape index (κ2) is 39.5. The first-order valence-electron chi connectivity index (χ1n) is 19.8. The van der Waals surface area contributed by atoms with Gasteiger partial charge in [-0.25, -0.2) is 0 Å². The van der Waals surface area contributed by atoms with Crippen LogP contribution in [0, 0.1) is 0 Å². The number of hydrogen-bond donors (Lipinski definition) is 10. The van der Waals surface area contributed by atoms with Crippen molar-refractivity contribution in [1.29, 1.82) is 0 Å². The van der Waals surface area contributed by atoms with Gasteiger partial charge in [0.25, 0.3) is 0 Å². The monoisotopic (exact) mass is 917 g/mol. The van der Waals surface area contributed by atoms with Crippen LogP contribution in [0.2, 0.25) is 0 Å². The Morgan fingerprint density at radius 1 is 0.569 bits per heavy atom. The second-order valence-corrected chi connectivity index (χ2v) is 14.0. The number of benzene rings is 1. The van der Waals surface area contributed by atoms with E-state index < -0.39 is 24.2 Å². The minimum Gasteiger partial charge on any atom is -0.488 e. The zero-order chi connectivity index (χ0) is 40.1. The molecule has 4 atom stereocenters. The van der Waals surface area contributed by atoms with Crippen LogP contribution >= 0.6 is 66.6 Å². The summed E-state index contributed by atoms with van der Waals surface area (Å²) in [5.41, 5.74) is 37.1. The van der Waals surface area contributed by atoms with E-state index in [2.05, 4.69) is 28.6 Å². The standard InChI is InChI=1S/C38H71N9O6S.4H2S/c1-2-27-24-34(52-22-20-47-38(51)32(44)15-8-11-19-45-36(49)31(43)14-7-10-18-40)35(25-28(27)26-54)53-23-21-46-37(50)30(42)13-4-3-5-16-33(48)29(41)12-6-9-17-39;;;;/h24-25,29-32,54H,2-23,26,39-44H2,1H3,(H,45,49)(H,46,50)(H,47,51);4*1H2/t29-,30-,31-,32-;;;;/m0..../s1. The maximum Gasteiger partial charge on any atom is 0.237 e. The second-order valence-electron chi connectivity index (χ2n) is 13.7. The van der Waals surface area contributed by atoms with Crippen molar-refractivity contribution >= 4 is 90.1 Å². The first-order chi connectivity index (χ1) is 26.0. The summed E-state index contributed by atoms with van der Waals surface area (Å²) in [6.07, 6.45) is 10.4. The van der Waals surface area contributed by atoms with Crippen molar-refractivity contribution in [3.8, 4) is 11.5 Å². The fraction of sp³-hybridized carbons (Fsp3) is 0.737. The van der Waals surface area contributed by atoms with Crippen molar-refractivity contribution in [2.24, 2.45) is 34.4 Å². The quantitative estimate of drug-likeness (QED) is 0.0355. The summed E-state index contributed by atoms with van der Waals surface area (Å²) in [6.45, 7) is 4.57. The lowest BCUT2D eigenvalue weighted by Gasteiger charge is -2.18. The lowest BCUT2D eigenvalue weighted by Crippen LogP contribution is -2.42. The molecular weight excluding hydrogens is 839 g/mol. The highest BCUT2D eigenvalue weighted by atomic mass is 32.1. The summed E-state index contributed by atoms with van der Waals surface area (Å²) in [6, 6.07) is 1.49. The van der Waals surface area contributed by atoms with Crippen molar-refractivity contribution in [2.75, 3.05) is 45.9 Å². The van der Waals surface area contributed by atoms with Gasteiger partial charge in [0.15, 0.2) is 11.5 Å². The normalized spacial score (nSPS) is 12.5. The topological polar surface area (TPSA) is 279 Å². The number of nitrogens with two attached hydrogens (primary N) is 6. The molecule has 0 fully saturated rings. The maximum absolute atomic E-state index is 12.6. The van der Waals surface area contributed by atoms with Gasteiger partial charge in [-0.3, -0.25) is 19.2 Å². The number of carbonyl (C=O) groups excluding carboxylic acids is 4. The van der Waals surface area contributed by atoms with Gasteiger partial charge < -0.3 is 59.8 Å². The fourth-order valence-corrected chi connectivity index (χ4v) is 6.00. The Hall–Kier alpha value is -1.59. The minimum atomic E-state index is -0.681. The van der Waals surface area contributed by atoms with Gasteiger partial charge in [0.2, 0.25) is 17.7 Å². The smallest absolute Gasteiger partial charge is 0.237 e. The van der Waals surface area contributed by atoms with Crippen LogP contribution in [0.1, 0.15) is 108 Å². The predicted molar refractivity (Wildman–Crippen MR) is 260 cm³/mol. The SMILES string of the molecule is CCc1cc(OCCNC(=O)[C@@H](N)CCCCNC(=O)[C@@H](N)CCCCN)c(OCCNC(=O)[C@@H](N)CCCCCC(=O)[C@@H](N)CCCCN)cc1CS.S.S.S.S. The molecule has 0 aliphatic rings. The summed E-state index contributed by atoms with van der Waals surface area (Å²) < 4.78 is 12.0. The van der Waals surface area contributed by atoms with Crippen molar-refractivity contribution in [3.63, 3.8) is 0 Å². The van der Waals surface area contributed by atoms with Crippen LogP contribution in [-0.2, 0) is 31.4 Å². The van der Waals surface area contributed by atoms with Gasteiger partial charge in [-0.1, -0.05) is 32.6 Å². The van der Waals surface area contributed by atoms with Crippen molar-refractivity contribution in [3.05, 3.63) is 23.3 Å². The first kappa shape index (κ1) is 63.1.